The van der Waals surface area contributed by atoms with Crippen molar-refractivity contribution in [2.75, 3.05) is 19.3 Å². The zero-order valence-electron chi connectivity index (χ0n) is 10.00. The molecule has 1 aliphatic carbocycles. The zero-order valence-corrected chi connectivity index (χ0v) is 10.8. The Hall–Kier alpha value is -0.220. The van der Waals surface area contributed by atoms with Crippen molar-refractivity contribution in [2.24, 2.45) is 5.92 Å². The van der Waals surface area contributed by atoms with Crippen molar-refractivity contribution in [2.45, 2.75) is 43.4 Å². The van der Waals surface area contributed by atoms with Gasteiger partial charge in [-0.15, -0.1) is 0 Å². The fourth-order valence-electron chi connectivity index (χ4n) is 2.75. The van der Waals surface area contributed by atoms with Gasteiger partial charge in [-0.1, -0.05) is 6.42 Å². The second-order valence-corrected chi connectivity index (χ2v) is 5.94. The average Bonchev–Trinajstić information content (AvgIpc) is 2.77. The molecule has 4 heteroatoms. The van der Waals surface area contributed by atoms with Crippen LogP contribution in [0, 0.1) is 5.92 Å². The molecule has 1 aliphatic heterocycles. The van der Waals surface area contributed by atoms with Crippen molar-refractivity contribution >= 4 is 17.7 Å². The van der Waals surface area contributed by atoms with Crippen LogP contribution in [0.25, 0.3) is 0 Å². The Morgan fingerprint density at radius 2 is 2.19 bits per heavy atom. The minimum Gasteiger partial charge on any atom is -0.352 e. The third kappa shape index (κ3) is 2.92. The van der Waals surface area contributed by atoms with E-state index in [4.69, 9.17) is 0 Å². The molecule has 1 amide bonds. The van der Waals surface area contributed by atoms with Crippen molar-refractivity contribution in [3.05, 3.63) is 0 Å². The molecule has 0 aromatic rings. The smallest absolute Gasteiger partial charge is 0.224 e. The number of hydrogen-bond donors (Lipinski definition) is 2. The monoisotopic (exact) mass is 242 g/mol. The van der Waals surface area contributed by atoms with E-state index in [9.17, 15) is 4.79 Å². The van der Waals surface area contributed by atoms with Crippen LogP contribution in [0.5, 0.6) is 0 Å². The highest BCUT2D eigenvalue weighted by molar-refractivity contribution is 7.99. The maximum atomic E-state index is 12.1. The SMILES string of the molecule is CSC1CCCC1NC(=O)C1CCCNC1. The summed E-state index contributed by atoms with van der Waals surface area (Å²) in [6, 6.07) is 0.421. The molecule has 1 saturated carbocycles. The van der Waals surface area contributed by atoms with Crippen LogP contribution in [0.4, 0.5) is 0 Å². The third-order valence-electron chi connectivity index (χ3n) is 3.75. The molecule has 92 valence electrons. The first-order valence-electron chi connectivity index (χ1n) is 6.35. The fourth-order valence-corrected chi connectivity index (χ4v) is 3.68. The minimum absolute atomic E-state index is 0.205. The quantitative estimate of drug-likeness (QED) is 0.786. The van der Waals surface area contributed by atoms with Gasteiger partial charge < -0.3 is 10.6 Å². The second-order valence-electron chi connectivity index (χ2n) is 4.86. The molecular formula is C12H22N2OS. The summed E-state index contributed by atoms with van der Waals surface area (Å²) in [4.78, 5) is 12.1. The maximum Gasteiger partial charge on any atom is 0.224 e. The molecule has 0 spiro atoms. The maximum absolute atomic E-state index is 12.1. The Balaban J connectivity index is 1.81. The van der Waals surface area contributed by atoms with E-state index >= 15 is 0 Å². The molecule has 3 nitrogen and oxygen atoms in total. The summed E-state index contributed by atoms with van der Waals surface area (Å²) in [5.74, 6) is 0.481. The largest absolute Gasteiger partial charge is 0.352 e. The van der Waals surface area contributed by atoms with Gasteiger partial charge in [0.05, 0.1) is 5.92 Å². The molecule has 3 atom stereocenters. The van der Waals surface area contributed by atoms with E-state index in [0.717, 1.165) is 32.4 Å². The van der Waals surface area contributed by atoms with Crippen LogP contribution in [-0.2, 0) is 4.79 Å². The van der Waals surface area contributed by atoms with Crippen LogP contribution >= 0.6 is 11.8 Å². The molecule has 2 rings (SSSR count). The molecule has 0 radical (unpaired) electrons. The highest BCUT2D eigenvalue weighted by Gasteiger charge is 2.30. The van der Waals surface area contributed by atoms with E-state index in [2.05, 4.69) is 16.9 Å². The van der Waals surface area contributed by atoms with E-state index in [1.165, 1.54) is 12.8 Å². The molecule has 1 heterocycles. The van der Waals surface area contributed by atoms with Crippen LogP contribution in [0.2, 0.25) is 0 Å². The summed E-state index contributed by atoms with van der Waals surface area (Å²) in [5, 5.41) is 7.19. The van der Waals surface area contributed by atoms with Crippen LogP contribution in [0.3, 0.4) is 0 Å². The topological polar surface area (TPSA) is 41.1 Å². The lowest BCUT2D eigenvalue weighted by molar-refractivity contribution is -0.126. The number of carbonyl (C=O) groups excluding carboxylic acids is 1. The number of carbonyl (C=O) groups is 1. The predicted octanol–water partition coefficient (Wildman–Crippen LogP) is 1.39. The first-order chi connectivity index (χ1) is 7.81. The third-order valence-corrected chi connectivity index (χ3v) is 4.92. The molecule has 1 saturated heterocycles. The Labute approximate surface area is 102 Å². The normalized spacial score (nSPS) is 34.9. The van der Waals surface area contributed by atoms with E-state index in [1.807, 2.05) is 11.8 Å². The van der Waals surface area contributed by atoms with Gasteiger partial charge in [0.15, 0.2) is 0 Å². The Bertz CT molecular complexity index is 241. The summed E-state index contributed by atoms with van der Waals surface area (Å²) in [6.45, 7) is 1.93. The lowest BCUT2D eigenvalue weighted by Gasteiger charge is -2.25. The van der Waals surface area contributed by atoms with Gasteiger partial charge in [-0.2, -0.15) is 11.8 Å². The van der Waals surface area contributed by atoms with Gasteiger partial charge in [-0.25, -0.2) is 0 Å². The van der Waals surface area contributed by atoms with Gasteiger partial charge in [-0.05, 0) is 38.5 Å². The number of rotatable bonds is 3. The van der Waals surface area contributed by atoms with Crippen molar-refractivity contribution in [3.8, 4) is 0 Å². The van der Waals surface area contributed by atoms with Crippen molar-refractivity contribution in [3.63, 3.8) is 0 Å². The summed E-state index contributed by atoms with van der Waals surface area (Å²) >= 11 is 1.90. The van der Waals surface area contributed by atoms with E-state index < -0.39 is 0 Å². The minimum atomic E-state index is 0.205. The second kappa shape index (κ2) is 5.92. The Kier molecular flexibility index (Phi) is 4.53. The van der Waals surface area contributed by atoms with Crippen molar-refractivity contribution in [1.82, 2.24) is 10.6 Å². The number of nitrogens with one attached hydrogen (secondary N) is 2. The highest BCUT2D eigenvalue weighted by Crippen LogP contribution is 2.28. The van der Waals surface area contributed by atoms with Crippen molar-refractivity contribution in [1.29, 1.82) is 0 Å². The summed E-state index contributed by atoms with van der Waals surface area (Å²) < 4.78 is 0. The van der Waals surface area contributed by atoms with E-state index in [1.54, 1.807) is 0 Å². The van der Waals surface area contributed by atoms with Crippen LogP contribution in [-0.4, -0.2) is 36.5 Å². The molecule has 0 aromatic heterocycles. The molecule has 3 unspecified atom stereocenters. The van der Waals surface area contributed by atoms with Gasteiger partial charge in [-0.3, -0.25) is 4.79 Å². The Morgan fingerprint density at radius 3 is 2.88 bits per heavy atom. The summed E-state index contributed by atoms with van der Waals surface area (Å²) in [7, 11) is 0. The number of amides is 1. The number of hydrogen-bond acceptors (Lipinski definition) is 3. The molecule has 0 aromatic carbocycles. The van der Waals surface area contributed by atoms with Gasteiger partial charge >= 0.3 is 0 Å². The summed E-state index contributed by atoms with van der Waals surface area (Å²) in [6.07, 6.45) is 8.02. The highest BCUT2D eigenvalue weighted by atomic mass is 32.2. The van der Waals surface area contributed by atoms with Gasteiger partial charge in [0, 0.05) is 17.8 Å². The number of thioether (sulfide) groups is 1. The lowest BCUT2D eigenvalue weighted by Crippen LogP contribution is -2.46. The average molecular weight is 242 g/mol. The first-order valence-corrected chi connectivity index (χ1v) is 7.64. The van der Waals surface area contributed by atoms with Gasteiger partial charge in [0.1, 0.15) is 0 Å². The van der Waals surface area contributed by atoms with Crippen LogP contribution in [0.1, 0.15) is 32.1 Å². The molecular weight excluding hydrogens is 220 g/mol. The standard InChI is InChI=1S/C12H22N2OS/c1-16-11-6-2-5-10(11)14-12(15)9-4-3-7-13-8-9/h9-11,13H,2-8H2,1H3,(H,14,15). The van der Waals surface area contributed by atoms with Gasteiger partial charge in [0.25, 0.3) is 0 Å². The molecule has 2 N–H and O–H groups in total. The molecule has 0 bridgehead atoms. The van der Waals surface area contributed by atoms with Crippen LogP contribution in [0.15, 0.2) is 0 Å². The number of piperidine rings is 1. The molecule has 2 aliphatic rings. The summed E-state index contributed by atoms with van der Waals surface area (Å²) in [5.41, 5.74) is 0. The lowest BCUT2D eigenvalue weighted by atomic mass is 9.98. The Morgan fingerprint density at radius 1 is 1.31 bits per heavy atom. The molecule has 16 heavy (non-hydrogen) atoms. The van der Waals surface area contributed by atoms with E-state index in [-0.39, 0.29) is 11.8 Å². The predicted molar refractivity (Wildman–Crippen MR) is 68.7 cm³/mol. The van der Waals surface area contributed by atoms with E-state index in [0.29, 0.717) is 11.3 Å². The zero-order chi connectivity index (χ0) is 11.4. The van der Waals surface area contributed by atoms with Crippen LogP contribution < -0.4 is 10.6 Å². The van der Waals surface area contributed by atoms with Crippen molar-refractivity contribution < 1.29 is 4.79 Å². The fraction of sp³-hybridized carbons (Fsp3) is 0.917. The van der Waals surface area contributed by atoms with Gasteiger partial charge in [0.2, 0.25) is 5.91 Å². The molecule has 2 fully saturated rings. The first kappa shape index (κ1) is 12.2.